The lowest BCUT2D eigenvalue weighted by Crippen LogP contribution is -2.58. The number of anilines is 2. The molecule has 1 aliphatic carbocycles. The summed E-state index contributed by atoms with van der Waals surface area (Å²) in [5.74, 6) is 0.885. The molecule has 3 fully saturated rings. The van der Waals surface area contributed by atoms with Crippen LogP contribution >= 0.6 is 0 Å². The quantitative estimate of drug-likeness (QED) is 0.400. The van der Waals surface area contributed by atoms with Crippen molar-refractivity contribution in [2.75, 3.05) is 44.0 Å². The number of nitrogens with one attached hydrogen (secondary N) is 2. The van der Waals surface area contributed by atoms with Gasteiger partial charge in [-0.2, -0.15) is 0 Å². The Morgan fingerprint density at radius 1 is 1.17 bits per heavy atom. The van der Waals surface area contributed by atoms with Crippen LogP contribution in [0.4, 0.5) is 16.2 Å². The fourth-order valence-electron chi connectivity index (χ4n) is 6.68. The van der Waals surface area contributed by atoms with E-state index in [2.05, 4.69) is 30.5 Å². The third-order valence-electron chi connectivity index (χ3n) is 9.05. The third kappa shape index (κ3) is 5.19. The first kappa shape index (κ1) is 26.1. The number of rotatable bonds is 7. The van der Waals surface area contributed by atoms with Crippen molar-refractivity contribution in [3.63, 3.8) is 0 Å². The molecule has 2 saturated heterocycles. The molecule has 11 heteroatoms. The fourth-order valence-corrected chi connectivity index (χ4v) is 6.68. The number of nitrogens with zero attached hydrogens (tertiary/aromatic N) is 4. The van der Waals surface area contributed by atoms with Crippen molar-refractivity contribution in [2.24, 2.45) is 5.41 Å². The maximum absolute atomic E-state index is 14.6. The van der Waals surface area contributed by atoms with E-state index in [0.717, 1.165) is 50.3 Å². The van der Waals surface area contributed by atoms with Crippen LogP contribution in [-0.4, -0.2) is 70.8 Å². The van der Waals surface area contributed by atoms with E-state index >= 15 is 0 Å². The van der Waals surface area contributed by atoms with Gasteiger partial charge in [0, 0.05) is 42.5 Å². The lowest BCUT2D eigenvalue weighted by atomic mass is 9.60. The van der Waals surface area contributed by atoms with Crippen LogP contribution in [0.5, 0.6) is 5.75 Å². The zero-order chi connectivity index (χ0) is 28.0. The van der Waals surface area contributed by atoms with Crippen molar-refractivity contribution in [2.45, 2.75) is 50.7 Å². The molecule has 7 rings (SSSR count). The van der Waals surface area contributed by atoms with E-state index in [0.29, 0.717) is 59.4 Å². The minimum absolute atomic E-state index is 0.140. The number of benzene rings is 1. The van der Waals surface area contributed by atoms with E-state index in [1.807, 2.05) is 0 Å². The second-order valence-electron chi connectivity index (χ2n) is 11.7. The molecule has 10 nitrogen and oxygen atoms in total. The highest BCUT2D eigenvalue weighted by Gasteiger charge is 2.47. The standard InChI is InChI=1S/C30H34FN7O3/c31-20-10-18(14-34-27-23-2-8-41-26(23)24(15-35-27)25-1-5-33-29(32)37-25)9-19(11-20)28(39)36-21-12-30(13-21)3-6-38(7-4-30)22-16-40-17-22/h1,5,9-11,15,21-22H,2-4,6-8,12-14,16-17H2,(H,34,35)(H,36,39)(H2,32,33,37). The Morgan fingerprint density at radius 2 is 2.00 bits per heavy atom. The average Bonchev–Trinajstić information content (AvgIpc) is 3.41. The molecule has 0 unspecified atom stereocenters. The molecule has 0 bridgehead atoms. The van der Waals surface area contributed by atoms with E-state index in [1.165, 1.54) is 25.0 Å². The lowest BCUT2D eigenvalue weighted by Gasteiger charge is -2.54. The molecule has 0 radical (unpaired) electrons. The van der Waals surface area contributed by atoms with Gasteiger partial charge in [-0.3, -0.25) is 9.69 Å². The molecular formula is C30H34FN7O3. The summed E-state index contributed by atoms with van der Waals surface area (Å²) < 4.78 is 25.8. The Kier molecular flexibility index (Phi) is 6.70. The number of carbonyl (C=O) groups is 1. The highest BCUT2D eigenvalue weighted by atomic mass is 19.1. The monoisotopic (exact) mass is 559 g/mol. The molecule has 2 aromatic heterocycles. The average molecular weight is 560 g/mol. The number of likely N-dealkylation sites (tertiary alicyclic amines) is 1. The minimum atomic E-state index is -0.440. The van der Waals surface area contributed by atoms with Crippen LogP contribution in [0.2, 0.25) is 0 Å². The number of hydrogen-bond donors (Lipinski definition) is 3. The third-order valence-corrected chi connectivity index (χ3v) is 9.05. The number of halogens is 1. The first-order valence-electron chi connectivity index (χ1n) is 14.3. The molecule has 214 valence electrons. The van der Waals surface area contributed by atoms with Gasteiger partial charge < -0.3 is 25.8 Å². The van der Waals surface area contributed by atoms with E-state index in [1.54, 1.807) is 24.5 Å². The van der Waals surface area contributed by atoms with E-state index < -0.39 is 5.82 Å². The predicted octanol–water partition coefficient (Wildman–Crippen LogP) is 3.18. The number of hydrogen-bond acceptors (Lipinski definition) is 9. The van der Waals surface area contributed by atoms with Crippen molar-refractivity contribution < 1.29 is 18.7 Å². The number of nitrogens with two attached hydrogens (primary N) is 1. The van der Waals surface area contributed by atoms with Crippen LogP contribution < -0.4 is 21.1 Å². The van der Waals surface area contributed by atoms with Crippen molar-refractivity contribution in [3.8, 4) is 17.0 Å². The van der Waals surface area contributed by atoms with Crippen LogP contribution in [0.3, 0.4) is 0 Å². The lowest BCUT2D eigenvalue weighted by molar-refractivity contribution is -0.0932. The van der Waals surface area contributed by atoms with Crippen molar-refractivity contribution in [3.05, 3.63) is 59.2 Å². The normalized spacial score (nSPS) is 20.1. The van der Waals surface area contributed by atoms with Gasteiger partial charge in [0.2, 0.25) is 5.95 Å². The number of carbonyl (C=O) groups excluding carboxylic acids is 1. The van der Waals surface area contributed by atoms with Gasteiger partial charge in [0.05, 0.1) is 37.1 Å². The molecular weight excluding hydrogens is 525 g/mol. The summed E-state index contributed by atoms with van der Waals surface area (Å²) >= 11 is 0. The fraction of sp³-hybridized carbons (Fsp3) is 0.467. The highest BCUT2D eigenvalue weighted by molar-refractivity contribution is 5.94. The largest absolute Gasteiger partial charge is 0.492 e. The van der Waals surface area contributed by atoms with Gasteiger partial charge in [-0.05, 0) is 74.0 Å². The number of amides is 1. The number of ether oxygens (including phenoxy) is 2. The number of aromatic nitrogens is 3. The summed E-state index contributed by atoms with van der Waals surface area (Å²) in [6, 6.07) is 6.98. The number of piperidine rings is 1. The van der Waals surface area contributed by atoms with Crippen molar-refractivity contribution in [1.29, 1.82) is 0 Å². The Labute approximate surface area is 237 Å². The van der Waals surface area contributed by atoms with Gasteiger partial charge in [-0.1, -0.05) is 0 Å². The minimum Gasteiger partial charge on any atom is -0.492 e. The number of nitrogen functional groups attached to an aromatic ring is 1. The zero-order valence-corrected chi connectivity index (χ0v) is 22.9. The maximum Gasteiger partial charge on any atom is 0.251 e. The number of fused-ring (bicyclic) bond motifs is 1. The molecule has 4 aliphatic rings. The Bertz CT molecular complexity index is 1460. The smallest absolute Gasteiger partial charge is 0.251 e. The second-order valence-corrected chi connectivity index (χ2v) is 11.7. The Hall–Kier alpha value is -3.83. The van der Waals surface area contributed by atoms with Crippen LogP contribution in [0.15, 0.2) is 36.7 Å². The van der Waals surface area contributed by atoms with Crippen LogP contribution in [0.25, 0.3) is 11.3 Å². The van der Waals surface area contributed by atoms with Gasteiger partial charge in [0.1, 0.15) is 17.4 Å². The summed E-state index contributed by atoms with van der Waals surface area (Å²) in [5, 5.41) is 6.45. The van der Waals surface area contributed by atoms with Gasteiger partial charge in [-0.15, -0.1) is 0 Å². The molecule has 5 heterocycles. The van der Waals surface area contributed by atoms with E-state index in [9.17, 15) is 9.18 Å². The maximum atomic E-state index is 14.6. The number of pyridine rings is 1. The summed E-state index contributed by atoms with van der Waals surface area (Å²) in [6.45, 7) is 4.77. The molecule has 1 spiro atoms. The van der Waals surface area contributed by atoms with Gasteiger partial charge >= 0.3 is 0 Å². The van der Waals surface area contributed by atoms with Crippen LogP contribution in [0.1, 0.15) is 47.2 Å². The molecule has 1 amide bonds. The second kappa shape index (κ2) is 10.5. The molecule has 41 heavy (non-hydrogen) atoms. The summed E-state index contributed by atoms with van der Waals surface area (Å²) in [7, 11) is 0. The first-order chi connectivity index (χ1) is 19.9. The molecule has 0 atom stereocenters. The predicted molar refractivity (Wildman–Crippen MR) is 151 cm³/mol. The summed E-state index contributed by atoms with van der Waals surface area (Å²) in [6.07, 6.45) is 8.30. The Balaban J connectivity index is 0.975. The topological polar surface area (TPSA) is 128 Å². The zero-order valence-electron chi connectivity index (χ0n) is 22.9. The summed E-state index contributed by atoms with van der Waals surface area (Å²) in [4.78, 5) is 28.5. The Morgan fingerprint density at radius 3 is 2.76 bits per heavy atom. The first-order valence-corrected chi connectivity index (χ1v) is 14.3. The molecule has 1 aromatic carbocycles. The molecule has 4 N–H and O–H groups in total. The van der Waals surface area contributed by atoms with Crippen LogP contribution in [0, 0.1) is 11.2 Å². The van der Waals surface area contributed by atoms with Crippen molar-refractivity contribution >= 4 is 17.7 Å². The van der Waals surface area contributed by atoms with Crippen molar-refractivity contribution in [1.82, 2.24) is 25.2 Å². The van der Waals surface area contributed by atoms with Gasteiger partial charge in [-0.25, -0.2) is 19.3 Å². The summed E-state index contributed by atoms with van der Waals surface area (Å²) in [5.41, 5.74) is 9.41. The van der Waals surface area contributed by atoms with Gasteiger partial charge in [0.25, 0.3) is 5.91 Å². The van der Waals surface area contributed by atoms with E-state index in [-0.39, 0.29) is 17.9 Å². The highest BCUT2D eigenvalue weighted by Crippen LogP contribution is 2.49. The van der Waals surface area contributed by atoms with Gasteiger partial charge in [0.15, 0.2) is 0 Å². The molecule has 3 aliphatic heterocycles. The van der Waals surface area contributed by atoms with E-state index in [4.69, 9.17) is 15.2 Å². The SMILES string of the molecule is Nc1nccc(-c2cnc(NCc3cc(F)cc(C(=O)NC4CC5(CCN(C6COC6)CC5)C4)c3)c3c2OCC3)n1. The van der Waals surface area contributed by atoms with Crippen LogP contribution in [-0.2, 0) is 17.7 Å². The molecule has 1 saturated carbocycles. The molecule has 3 aromatic rings.